The van der Waals surface area contributed by atoms with Crippen molar-refractivity contribution < 1.29 is 15.0 Å². The topological polar surface area (TPSA) is 109 Å². The molecule has 0 saturated carbocycles. The first-order chi connectivity index (χ1) is 12.4. The summed E-state index contributed by atoms with van der Waals surface area (Å²) >= 11 is 6.23. The van der Waals surface area contributed by atoms with E-state index in [1.807, 2.05) is 6.07 Å². The number of benzene rings is 1. The van der Waals surface area contributed by atoms with Crippen LogP contribution in [0.15, 0.2) is 41.5 Å². The Labute approximate surface area is 153 Å². The number of nitrogens with one attached hydrogen (secondary N) is 1. The van der Waals surface area contributed by atoms with Crippen molar-refractivity contribution in [2.45, 2.75) is 6.10 Å². The van der Waals surface area contributed by atoms with Crippen LogP contribution in [0.3, 0.4) is 0 Å². The molecule has 3 rings (SSSR count). The minimum Gasteiger partial charge on any atom is -0.394 e. The number of rotatable bonds is 5. The summed E-state index contributed by atoms with van der Waals surface area (Å²) in [6, 6.07) is 7.13. The molecule has 0 unspecified atom stereocenters. The van der Waals surface area contributed by atoms with Gasteiger partial charge in [0.05, 0.1) is 18.4 Å². The van der Waals surface area contributed by atoms with Crippen LogP contribution in [0.25, 0.3) is 16.9 Å². The summed E-state index contributed by atoms with van der Waals surface area (Å²) in [6.45, 7) is -0.584. The van der Waals surface area contributed by atoms with Crippen molar-refractivity contribution in [2.75, 3.05) is 13.2 Å². The number of nitrogens with zero attached hydrogens (tertiary/aromatic N) is 3. The van der Waals surface area contributed by atoms with Crippen molar-refractivity contribution in [3.05, 3.63) is 57.7 Å². The molecule has 0 bridgehead atoms. The van der Waals surface area contributed by atoms with Gasteiger partial charge in [-0.15, -0.1) is 0 Å². The van der Waals surface area contributed by atoms with Crippen molar-refractivity contribution in [1.82, 2.24) is 19.3 Å². The molecule has 136 valence electrons. The van der Waals surface area contributed by atoms with E-state index in [-0.39, 0.29) is 23.4 Å². The van der Waals surface area contributed by atoms with Gasteiger partial charge in [0.1, 0.15) is 5.69 Å². The summed E-state index contributed by atoms with van der Waals surface area (Å²) < 4.78 is 2.89. The van der Waals surface area contributed by atoms with Crippen LogP contribution < -0.4 is 10.9 Å². The number of hydrogen-bond acceptors (Lipinski definition) is 5. The van der Waals surface area contributed by atoms with Gasteiger partial charge >= 0.3 is 0 Å². The summed E-state index contributed by atoms with van der Waals surface area (Å²) in [7, 11) is 1.60. The molecule has 26 heavy (non-hydrogen) atoms. The predicted octanol–water partition coefficient (Wildman–Crippen LogP) is 0.436. The normalized spacial score (nSPS) is 12.3. The van der Waals surface area contributed by atoms with Gasteiger partial charge in [0.25, 0.3) is 11.5 Å². The van der Waals surface area contributed by atoms with Crippen LogP contribution in [0, 0.1) is 0 Å². The van der Waals surface area contributed by atoms with E-state index in [1.54, 1.807) is 31.4 Å². The largest absolute Gasteiger partial charge is 0.394 e. The van der Waals surface area contributed by atoms with Gasteiger partial charge in [0.2, 0.25) is 5.65 Å². The third-order valence-corrected chi connectivity index (χ3v) is 4.27. The van der Waals surface area contributed by atoms with E-state index >= 15 is 0 Å². The second kappa shape index (κ2) is 7.28. The Balaban J connectivity index is 2.03. The maximum atomic E-state index is 12.6. The molecule has 1 atom stereocenters. The van der Waals surface area contributed by atoms with Gasteiger partial charge in [0.15, 0.2) is 0 Å². The lowest BCUT2D eigenvalue weighted by atomic mass is 10.1. The first kappa shape index (κ1) is 18.1. The van der Waals surface area contributed by atoms with Crippen LogP contribution in [0.5, 0.6) is 0 Å². The lowest BCUT2D eigenvalue weighted by molar-refractivity contribution is 0.0799. The summed E-state index contributed by atoms with van der Waals surface area (Å²) in [6.07, 6.45) is 2.04. The number of fused-ring (bicyclic) bond motifs is 1. The fourth-order valence-electron chi connectivity index (χ4n) is 2.52. The number of hydrogen-bond donors (Lipinski definition) is 3. The number of carbonyl (C=O) groups excluding carboxylic acids is 1. The molecular formula is C17H17ClN4O4. The molecule has 3 N–H and O–H groups in total. The van der Waals surface area contributed by atoms with Gasteiger partial charge < -0.3 is 20.1 Å². The van der Waals surface area contributed by atoms with Crippen LogP contribution in [-0.4, -0.2) is 49.3 Å². The number of amides is 1. The van der Waals surface area contributed by atoms with Crippen molar-refractivity contribution in [3.8, 4) is 11.3 Å². The van der Waals surface area contributed by atoms with Gasteiger partial charge in [-0.25, -0.2) is 4.98 Å². The second-order valence-electron chi connectivity index (χ2n) is 5.76. The quantitative estimate of drug-likeness (QED) is 0.598. The second-order valence-corrected chi connectivity index (χ2v) is 6.17. The molecule has 2 heterocycles. The van der Waals surface area contributed by atoms with Gasteiger partial charge in [-0.1, -0.05) is 29.8 Å². The summed E-state index contributed by atoms with van der Waals surface area (Å²) in [5.41, 5.74) is 1.01. The average molecular weight is 377 g/mol. The highest BCUT2D eigenvalue weighted by Crippen LogP contribution is 2.26. The molecule has 0 saturated heterocycles. The van der Waals surface area contributed by atoms with Crippen molar-refractivity contribution >= 4 is 23.2 Å². The molecule has 3 aromatic rings. The van der Waals surface area contributed by atoms with Gasteiger partial charge in [-0.3, -0.25) is 14.0 Å². The van der Waals surface area contributed by atoms with Gasteiger partial charge in [0, 0.05) is 36.6 Å². The Morgan fingerprint density at radius 1 is 1.35 bits per heavy atom. The van der Waals surface area contributed by atoms with Crippen molar-refractivity contribution in [2.24, 2.45) is 7.05 Å². The molecule has 1 aromatic carbocycles. The van der Waals surface area contributed by atoms with Crippen LogP contribution >= 0.6 is 11.6 Å². The number of aliphatic hydroxyl groups excluding tert-OH is 2. The monoisotopic (exact) mass is 376 g/mol. The molecule has 0 aliphatic carbocycles. The van der Waals surface area contributed by atoms with Crippen LogP contribution in [0.1, 0.15) is 10.5 Å². The summed E-state index contributed by atoms with van der Waals surface area (Å²) in [4.78, 5) is 28.8. The highest BCUT2D eigenvalue weighted by molar-refractivity contribution is 6.33. The Morgan fingerprint density at radius 2 is 2.08 bits per heavy atom. The lowest BCUT2D eigenvalue weighted by Crippen LogP contribution is -2.34. The lowest BCUT2D eigenvalue weighted by Gasteiger charge is -2.10. The predicted molar refractivity (Wildman–Crippen MR) is 96.3 cm³/mol. The average Bonchev–Trinajstić information content (AvgIpc) is 3.07. The zero-order chi connectivity index (χ0) is 18.8. The zero-order valence-electron chi connectivity index (χ0n) is 13.9. The Morgan fingerprint density at radius 3 is 2.77 bits per heavy atom. The fraction of sp³-hybridized carbons (Fsp3) is 0.235. The minimum atomic E-state index is -1.06. The minimum absolute atomic E-state index is 0.0311. The molecule has 9 heteroatoms. The Bertz CT molecular complexity index is 1030. The zero-order valence-corrected chi connectivity index (χ0v) is 14.6. The van der Waals surface area contributed by atoms with Gasteiger partial charge in [-0.2, -0.15) is 0 Å². The Hall–Kier alpha value is -2.68. The molecule has 8 nitrogen and oxygen atoms in total. The fourth-order valence-corrected chi connectivity index (χ4v) is 2.75. The number of aliphatic hydroxyl groups is 2. The summed E-state index contributed by atoms with van der Waals surface area (Å²) in [5.74, 6) is -0.553. The smallest absolute Gasteiger partial charge is 0.294 e. The molecule has 2 aromatic heterocycles. The van der Waals surface area contributed by atoms with Crippen molar-refractivity contribution in [3.63, 3.8) is 0 Å². The van der Waals surface area contributed by atoms with E-state index in [9.17, 15) is 14.7 Å². The number of carbonyl (C=O) groups is 1. The van der Waals surface area contributed by atoms with Gasteiger partial charge in [-0.05, 0) is 6.07 Å². The van der Waals surface area contributed by atoms with E-state index in [2.05, 4.69) is 10.3 Å². The van der Waals surface area contributed by atoms with E-state index in [0.717, 1.165) is 0 Å². The van der Waals surface area contributed by atoms with E-state index in [4.69, 9.17) is 16.7 Å². The number of halogens is 1. The van der Waals surface area contributed by atoms with Crippen molar-refractivity contribution in [1.29, 1.82) is 0 Å². The molecule has 0 aliphatic heterocycles. The van der Waals surface area contributed by atoms with E-state index in [1.165, 1.54) is 15.2 Å². The standard InChI is InChI=1S/C17H17ClN4O4/c1-21-14(11-4-2-3-5-12(11)18)8-22-7-13(20-15(22)17(21)26)16(25)19-6-10(24)9-23/h2-5,7-8,10,23-24H,6,9H2,1H3,(H,19,25)/t10-/m0/s1. The Kier molecular flexibility index (Phi) is 5.08. The maximum absolute atomic E-state index is 12.6. The van der Waals surface area contributed by atoms with Crippen LogP contribution in [0.2, 0.25) is 5.02 Å². The molecule has 0 radical (unpaired) electrons. The molecule has 0 aliphatic rings. The molecule has 1 amide bonds. The maximum Gasteiger partial charge on any atom is 0.294 e. The first-order valence-electron chi connectivity index (χ1n) is 7.83. The highest BCUT2D eigenvalue weighted by atomic mass is 35.5. The summed E-state index contributed by atoms with van der Waals surface area (Å²) in [5, 5.41) is 21.0. The third-order valence-electron chi connectivity index (χ3n) is 3.94. The highest BCUT2D eigenvalue weighted by Gasteiger charge is 2.17. The molecular weight excluding hydrogens is 360 g/mol. The first-order valence-corrected chi connectivity index (χ1v) is 8.21. The van der Waals surface area contributed by atoms with E-state index in [0.29, 0.717) is 16.3 Å². The third kappa shape index (κ3) is 3.34. The molecule has 0 spiro atoms. The van der Waals surface area contributed by atoms with E-state index < -0.39 is 18.6 Å². The molecule has 0 fully saturated rings. The SMILES string of the molecule is Cn1c(-c2ccccc2Cl)cn2cc(C(=O)NC[C@H](O)CO)nc2c1=O. The number of imidazole rings is 1. The van der Waals surface area contributed by atoms with Crippen LogP contribution in [0.4, 0.5) is 0 Å². The number of aromatic nitrogens is 3. The van der Waals surface area contributed by atoms with Crippen LogP contribution in [-0.2, 0) is 7.05 Å².